The smallest absolute Gasteiger partial charge is 0.317 e. The number of carboxylic acids is 1. The second-order valence-corrected chi connectivity index (χ2v) is 5.97. The number of carbonyl (C=O) groups excluding carboxylic acids is 1. The molecule has 0 bridgehead atoms. The van der Waals surface area contributed by atoms with Gasteiger partial charge in [0.25, 0.3) is 0 Å². The summed E-state index contributed by atoms with van der Waals surface area (Å²) in [7, 11) is 1.63. The number of ether oxygens (including phenoxy) is 2. The van der Waals surface area contributed by atoms with Crippen LogP contribution >= 0.6 is 0 Å². The molecule has 0 saturated heterocycles. The zero-order valence-electron chi connectivity index (χ0n) is 16.2. The second kappa shape index (κ2) is 12.5. The van der Waals surface area contributed by atoms with Gasteiger partial charge >= 0.3 is 11.9 Å². The summed E-state index contributed by atoms with van der Waals surface area (Å²) in [5, 5.41) is 8.46. The lowest BCUT2D eigenvalue weighted by Crippen LogP contribution is -2.12. The van der Waals surface area contributed by atoms with Crippen molar-refractivity contribution in [3.63, 3.8) is 0 Å². The van der Waals surface area contributed by atoms with E-state index in [-0.39, 0.29) is 6.61 Å². The SMILES string of the molecule is CCCC.COc1ccc(-c2ccc(CCOC(=O)CC(=O)O)cc2)cc1. The largest absolute Gasteiger partial charge is 0.497 e. The number of esters is 1. The number of hydrogen-bond acceptors (Lipinski definition) is 4. The zero-order chi connectivity index (χ0) is 20.1. The molecule has 0 radical (unpaired) electrons. The van der Waals surface area contributed by atoms with Crippen molar-refractivity contribution in [3.05, 3.63) is 54.1 Å². The quantitative estimate of drug-likeness (QED) is 0.536. The molecule has 27 heavy (non-hydrogen) atoms. The molecule has 2 rings (SSSR count). The lowest BCUT2D eigenvalue weighted by Gasteiger charge is -2.06. The summed E-state index contributed by atoms with van der Waals surface area (Å²) in [6.07, 6.45) is 2.59. The molecule has 0 fully saturated rings. The van der Waals surface area contributed by atoms with Crippen LogP contribution in [0, 0.1) is 0 Å². The minimum absolute atomic E-state index is 0.175. The van der Waals surface area contributed by atoms with E-state index in [0.717, 1.165) is 22.4 Å². The molecule has 2 aromatic carbocycles. The minimum atomic E-state index is -1.18. The molecule has 0 aliphatic carbocycles. The molecule has 146 valence electrons. The van der Waals surface area contributed by atoms with E-state index in [4.69, 9.17) is 14.6 Å². The average Bonchev–Trinajstić information content (AvgIpc) is 2.68. The molecule has 0 aliphatic heterocycles. The Morgan fingerprint density at radius 3 is 1.85 bits per heavy atom. The number of carbonyl (C=O) groups is 2. The summed E-state index contributed by atoms with van der Waals surface area (Å²) < 4.78 is 10.00. The fraction of sp³-hybridized carbons (Fsp3) is 0.364. The van der Waals surface area contributed by atoms with Gasteiger partial charge in [-0.15, -0.1) is 0 Å². The molecule has 0 aliphatic rings. The maximum absolute atomic E-state index is 11.1. The molecular weight excluding hydrogens is 344 g/mol. The predicted octanol–water partition coefficient (Wildman–Crippen LogP) is 4.73. The van der Waals surface area contributed by atoms with Crippen molar-refractivity contribution in [3.8, 4) is 16.9 Å². The van der Waals surface area contributed by atoms with Gasteiger partial charge in [-0.2, -0.15) is 0 Å². The fourth-order valence-corrected chi connectivity index (χ4v) is 2.10. The van der Waals surface area contributed by atoms with Gasteiger partial charge in [0.2, 0.25) is 0 Å². The molecule has 1 N–H and O–H groups in total. The van der Waals surface area contributed by atoms with Crippen molar-refractivity contribution in [2.75, 3.05) is 13.7 Å². The molecular formula is C22H28O5. The molecule has 0 heterocycles. The Hall–Kier alpha value is -2.82. The maximum Gasteiger partial charge on any atom is 0.317 e. The second-order valence-electron chi connectivity index (χ2n) is 5.97. The molecule has 5 nitrogen and oxygen atoms in total. The number of rotatable bonds is 8. The van der Waals surface area contributed by atoms with Gasteiger partial charge in [-0.25, -0.2) is 0 Å². The van der Waals surface area contributed by atoms with E-state index >= 15 is 0 Å². The highest BCUT2D eigenvalue weighted by Gasteiger charge is 2.08. The van der Waals surface area contributed by atoms with Gasteiger partial charge in [0.15, 0.2) is 0 Å². The molecule has 2 aromatic rings. The van der Waals surface area contributed by atoms with E-state index in [1.807, 2.05) is 48.5 Å². The van der Waals surface area contributed by atoms with Crippen molar-refractivity contribution < 1.29 is 24.2 Å². The summed E-state index contributed by atoms with van der Waals surface area (Å²) in [5.41, 5.74) is 3.19. The van der Waals surface area contributed by atoms with E-state index < -0.39 is 18.4 Å². The third-order valence-corrected chi connectivity index (χ3v) is 3.83. The first kappa shape index (κ1) is 22.2. The van der Waals surface area contributed by atoms with Crippen LogP contribution in [-0.2, 0) is 20.7 Å². The summed E-state index contributed by atoms with van der Waals surface area (Å²) in [6.45, 7) is 4.54. The third-order valence-electron chi connectivity index (χ3n) is 3.83. The monoisotopic (exact) mass is 372 g/mol. The van der Waals surface area contributed by atoms with E-state index in [1.54, 1.807) is 7.11 Å². The fourth-order valence-electron chi connectivity index (χ4n) is 2.10. The zero-order valence-corrected chi connectivity index (χ0v) is 16.2. The number of unbranched alkanes of at least 4 members (excludes halogenated alkanes) is 1. The average molecular weight is 372 g/mol. The summed E-state index contributed by atoms with van der Waals surface area (Å²) in [5.74, 6) is -1.08. The van der Waals surface area contributed by atoms with E-state index in [9.17, 15) is 9.59 Å². The van der Waals surface area contributed by atoms with Gasteiger partial charge in [0.05, 0.1) is 13.7 Å². The first-order valence-electron chi connectivity index (χ1n) is 9.10. The maximum atomic E-state index is 11.1. The first-order chi connectivity index (χ1) is 13.0. The molecule has 0 spiro atoms. The van der Waals surface area contributed by atoms with E-state index in [0.29, 0.717) is 6.42 Å². The van der Waals surface area contributed by atoms with E-state index in [1.165, 1.54) is 12.8 Å². The number of carboxylic acid groups (broad SMARTS) is 1. The van der Waals surface area contributed by atoms with Crippen LogP contribution in [0.1, 0.15) is 38.7 Å². The Morgan fingerprint density at radius 2 is 1.41 bits per heavy atom. The van der Waals surface area contributed by atoms with Gasteiger partial charge in [0.1, 0.15) is 12.2 Å². The van der Waals surface area contributed by atoms with E-state index in [2.05, 4.69) is 13.8 Å². The van der Waals surface area contributed by atoms with Gasteiger partial charge < -0.3 is 14.6 Å². The van der Waals surface area contributed by atoms with Gasteiger partial charge in [-0.05, 0) is 28.8 Å². The highest BCUT2D eigenvalue weighted by atomic mass is 16.5. The van der Waals surface area contributed by atoms with Gasteiger partial charge in [-0.3, -0.25) is 9.59 Å². The number of benzene rings is 2. The Kier molecular flexibility index (Phi) is 10.3. The van der Waals surface area contributed by atoms with Crippen LogP contribution in [0.2, 0.25) is 0 Å². The van der Waals surface area contributed by atoms with Gasteiger partial charge in [0, 0.05) is 6.42 Å². The molecule has 0 atom stereocenters. The Morgan fingerprint density at radius 1 is 0.889 bits per heavy atom. The minimum Gasteiger partial charge on any atom is -0.497 e. The Balaban J connectivity index is 0.000000828. The van der Waals surface area contributed by atoms with Crippen molar-refractivity contribution >= 4 is 11.9 Å². The lowest BCUT2D eigenvalue weighted by molar-refractivity contribution is -0.151. The van der Waals surface area contributed by atoms with Crippen LogP contribution in [-0.4, -0.2) is 30.8 Å². The van der Waals surface area contributed by atoms with Crippen LogP contribution in [0.5, 0.6) is 5.75 Å². The topological polar surface area (TPSA) is 72.8 Å². The summed E-state index contributed by atoms with van der Waals surface area (Å²) >= 11 is 0. The molecule has 0 aromatic heterocycles. The highest BCUT2D eigenvalue weighted by molar-refractivity contribution is 5.90. The van der Waals surface area contributed by atoms with Crippen LogP contribution in [0.3, 0.4) is 0 Å². The number of aliphatic carboxylic acids is 1. The standard InChI is InChI=1S/C18H18O5.C4H10/c1-22-16-8-6-15(7-9-16)14-4-2-13(3-5-14)10-11-23-18(21)12-17(19)20;1-3-4-2/h2-9H,10-12H2,1H3,(H,19,20);3-4H2,1-2H3. The summed E-state index contributed by atoms with van der Waals surface area (Å²) in [4.78, 5) is 21.5. The Labute approximate surface area is 160 Å². The predicted molar refractivity (Wildman–Crippen MR) is 106 cm³/mol. The number of hydrogen-bond donors (Lipinski definition) is 1. The lowest BCUT2D eigenvalue weighted by atomic mass is 10.0. The van der Waals surface area contributed by atoms with Crippen molar-refractivity contribution in [2.24, 2.45) is 0 Å². The first-order valence-corrected chi connectivity index (χ1v) is 9.10. The molecule has 5 heteroatoms. The van der Waals surface area contributed by atoms with Crippen LogP contribution < -0.4 is 4.74 Å². The van der Waals surface area contributed by atoms with Crippen LogP contribution in [0.15, 0.2) is 48.5 Å². The van der Waals surface area contributed by atoms with Crippen molar-refractivity contribution in [2.45, 2.75) is 39.5 Å². The van der Waals surface area contributed by atoms with Crippen LogP contribution in [0.25, 0.3) is 11.1 Å². The highest BCUT2D eigenvalue weighted by Crippen LogP contribution is 2.22. The third kappa shape index (κ3) is 8.90. The molecule has 0 unspecified atom stereocenters. The molecule has 0 saturated carbocycles. The number of methoxy groups -OCH3 is 1. The van der Waals surface area contributed by atoms with Gasteiger partial charge in [-0.1, -0.05) is 63.1 Å². The van der Waals surface area contributed by atoms with Crippen molar-refractivity contribution in [1.82, 2.24) is 0 Å². The van der Waals surface area contributed by atoms with Crippen molar-refractivity contribution in [1.29, 1.82) is 0 Å². The normalized spacial score (nSPS) is 9.74. The van der Waals surface area contributed by atoms with Crippen LogP contribution in [0.4, 0.5) is 0 Å². The summed E-state index contributed by atoms with van der Waals surface area (Å²) in [6, 6.07) is 15.7. The molecule has 0 amide bonds. The Bertz CT molecular complexity index is 688.